The summed E-state index contributed by atoms with van der Waals surface area (Å²) in [5.74, 6) is -1.29. The van der Waals surface area contributed by atoms with Gasteiger partial charge in [0.25, 0.3) is 5.91 Å². The summed E-state index contributed by atoms with van der Waals surface area (Å²) < 4.78 is 5.06. The zero-order valence-electron chi connectivity index (χ0n) is 14.3. The van der Waals surface area contributed by atoms with Crippen LogP contribution in [0.2, 0.25) is 0 Å². The SMILES string of the molecule is C[C@H](OC(=O)CCC(=O)c1ccccc1)C(=O)Nc1cccc(C#N)c1. The fraction of sp³-hybridized carbons (Fsp3) is 0.200. The van der Waals surface area contributed by atoms with E-state index in [0.717, 1.165) is 0 Å². The van der Waals surface area contributed by atoms with Crippen molar-refractivity contribution < 1.29 is 19.1 Å². The summed E-state index contributed by atoms with van der Waals surface area (Å²) in [6, 6.07) is 17.0. The van der Waals surface area contributed by atoms with E-state index in [1.54, 1.807) is 48.5 Å². The number of hydrogen-bond donors (Lipinski definition) is 1. The Labute approximate surface area is 151 Å². The molecule has 0 aliphatic rings. The summed E-state index contributed by atoms with van der Waals surface area (Å²) >= 11 is 0. The quantitative estimate of drug-likeness (QED) is 0.611. The first-order chi connectivity index (χ1) is 12.5. The van der Waals surface area contributed by atoms with E-state index in [9.17, 15) is 14.4 Å². The summed E-state index contributed by atoms with van der Waals surface area (Å²) in [4.78, 5) is 35.9. The number of amides is 1. The molecule has 0 aliphatic carbocycles. The van der Waals surface area contributed by atoms with Crippen molar-refractivity contribution in [3.63, 3.8) is 0 Å². The molecule has 0 heterocycles. The maximum atomic E-state index is 12.1. The van der Waals surface area contributed by atoms with Crippen LogP contribution in [0.4, 0.5) is 5.69 Å². The molecular formula is C20H18N2O4. The maximum Gasteiger partial charge on any atom is 0.307 e. The monoisotopic (exact) mass is 350 g/mol. The van der Waals surface area contributed by atoms with Crippen LogP contribution < -0.4 is 5.32 Å². The molecule has 2 aromatic carbocycles. The Hall–Kier alpha value is -3.46. The van der Waals surface area contributed by atoms with Crippen LogP contribution in [0, 0.1) is 11.3 Å². The molecule has 0 aromatic heterocycles. The highest BCUT2D eigenvalue weighted by molar-refractivity contribution is 5.98. The van der Waals surface area contributed by atoms with Crippen molar-refractivity contribution in [3.8, 4) is 6.07 Å². The van der Waals surface area contributed by atoms with Gasteiger partial charge in [-0.1, -0.05) is 36.4 Å². The van der Waals surface area contributed by atoms with E-state index in [1.807, 2.05) is 6.07 Å². The van der Waals surface area contributed by atoms with Gasteiger partial charge in [-0.15, -0.1) is 0 Å². The highest BCUT2D eigenvalue weighted by Gasteiger charge is 2.19. The largest absolute Gasteiger partial charge is 0.453 e. The topological polar surface area (TPSA) is 96.3 Å². The van der Waals surface area contributed by atoms with Gasteiger partial charge in [0, 0.05) is 17.7 Å². The number of ketones is 1. The van der Waals surface area contributed by atoms with E-state index in [0.29, 0.717) is 16.8 Å². The first-order valence-electron chi connectivity index (χ1n) is 8.08. The number of nitrogens with one attached hydrogen (secondary N) is 1. The van der Waals surface area contributed by atoms with E-state index in [4.69, 9.17) is 10.00 Å². The fourth-order valence-electron chi connectivity index (χ4n) is 2.20. The number of carbonyl (C=O) groups is 3. The van der Waals surface area contributed by atoms with Gasteiger partial charge in [0.1, 0.15) is 0 Å². The third-order valence-electron chi connectivity index (χ3n) is 3.59. The Morgan fingerprint density at radius 1 is 1.08 bits per heavy atom. The lowest BCUT2D eigenvalue weighted by molar-refractivity contribution is -0.153. The van der Waals surface area contributed by atoms with Crippen molar-refractivity contribution >= 4 is 23.3 Å². The number of hydrogen-bond acceptors (Lipinski definition) is 5. The molecule has 6 nitrogen and oxygen atoms in total. The minimum absolute atomic E-state index is 0.0153. The summed E-state index contributed by atoms with van der Waals surface area (Å²) in [6.45, 7) is 1.44. The molecule has 0 radical (unpaired) electrons. The van der Waals surface area contributed by atoms with Gasteiger partial charge >= 0.3 is 5.97 Å². The van der Waals surface area contributed by atoms with Crippen LogP contribution in [0.5, 0.6) is 0 Å². The van der Waals surface area contributed by atoms with Gasteiger partial charge in [-0.25, -0.2) is 0 Å². The van der Waals surface area contributed by atoms with Crippen LogP contribution in [-0.4, -0.2) is 23.8 Å². The Morgan fingerprint density at radius 3 is 2.50 bits per heavy atom. The lowest BCUT2D eigenvalue weighted by atomic mass is 10.1. The Balaban J connectivity index is 1.81. The Morgan fingerprint density at radius 2 is 1.81 bits per heavy atom. The highest BCUT2D eigenvalue weighted by Crippen LogP contribution is 2.11. The van der Waals surface area contributed by atoms with Gasteiger partial charge in [-0.05, 0) is 25.1 Å². The van der Waals surface area contributed by atoms with E-state index in [-0.39, 0.29) is 18.6 Å². The molecule has 0 spiro atoms. The first-order valence-corrected chi connectivity index (χ1v) is 8.08. The van der Waals surface area contributed by atoms with Crippen LogP contribution in [0.15, 0.2) is 54.6 Å². The van der Waals surface area contributed by atoms with Gasteiger partial charge < -0.3 is 10.1 Å². The number of nitriles is 1. The van der Waals surface area contributed by atoms with Crippen molar-refractivity contribution in [1.82, 2.24) is 0 Å². The number of nitrogens with zero attached hydrogens (tertiary/aromatic N) is 1. The van der Waals surface area contributed by atoms with Crippen molar-refractivity contribution in [2.75, 3.05) is 5.32 Å². The lowest BCUT2D eigenvalue weighted by Crippen LogP contribution is -2.30. The number of anilines is 1. The molecule has 0 unspecified atom stereocenters. The average Bonchev–Trinajstić information content (AvgIpc) is 2.66. The van der Waals surface area contributed by atoms with Crippen LogP contribution >= 0.6 is 0 Å². The standard InChI is InChI=1S/C20H18N2O4/c1-14(20(25)22-17-9-5-6-15(12-17)13-21)26-19(24)11-10-18(23)16-7-3-2-4-8-16/h2-9,12,14H,10-11H2,1H3,(H,22,25)/t14-/m0/s1. The van der Waals surface area contributed by atoms with Gasteiger partial charge in [-0.3, -0.25) is 14.4 Å². The molecule has 26 heavy (non-hydrogen) atoms. The fourth-order valence-corrected chi connectivity index (χ4v) is 2.20. The molecule has 0 aliphatic heterocycles. The second-order valence-corrected chi connectivity index (χ2v) is 5.60. The molecule has 1 atom stereocenters. The number of carbonyl (C=O) groups excluding carboxylic acids is 3. The molecular weight excluding hydrogens is 332 g/mol. The van der Waals surface area contributed by atoms with Gasteiger partial charge in [0.05, 0.1) is 18.1 Å². The zero-order chi connectivity index (χ0) is 18.9. The maximum absolute atomic E-state index is 12.1. The molecule has 0 saturated carbocycles. The predicted octanol–water partition coefficient (Wildman–Crippen LogP) is 3.09. The second-order valence-electron chi connectivity index (χ2n) is 5.60. The zero-order valence-corrected chi connectivity index (χ0v) is 14.3. The van der Waals surface area contributed by atoms with Crippen LogP contribution in [0.3, 0.4) is 0 Å². The smallest absolute Gasteiger partial charge is 0.307 e. The Bertz CT molecular complexity index is 840. The van der Waals surface area contributed by atoms with E-state index >= 15 is 0 Å². The highest BCUT2D eigenvalue weighted by atomic mass is 16.5. The van der Waals surface area contributed by atoms with Crippen LogP contribution in [0.1, 0.15) is 35.7 Å². The average molecular weight is 350 g/mol. The minimum Gasteiger partial charge on any atom is -0.453 e. The number of ether oxygens (including phenoxy) is 1. The normalized spacial score (nSPS) is 11.1. The molecule has 1 N–H and O–H groups in total. The van der Waals surface area contributed by atoms with Gasteiger partial charge in [-0.2, -0.15) is 5.26 Å². The summed E-state index contributed by atoms with van der Waals surface area (Å²) in [7, 11) is 0. The van der Waals surface area contributed by atoms with Crippen LogP contribution in [-0.2, 0) is 14.3 Å². The third kappa shape index (κ3) is 5.56. The van der Waals surface area contributed by atoms with Gasteiger partial charge in [0.15, 0.2) is 11.9 Å². The molecule has 0 fully saturated rings. The predicted molar refractivity (Wildman–Crippen MR) is 95.3 cm³/mol. The molecule has 2 rings (SSSR count). The van der Waals surface area contributed by atoms with E-state index < -0.39 is 18.0 Å². The van der Waals surface area contributed by atoms with Gasteiger partial charge in [0.2, 0.25) is 0 Å². The molecule has 0 bridgehead atoms. The van der Waals surface area contributed by atoms with Crippen molar-refractivity contribution in [2.24, 2.45) is 0 Å². The summed E-state index contributed by atoms with van der Waals surface area (Å²) in [5, 5.41) is 11.4. The first kappa shape index (κ1) is 18.9. The number of esters is 1. The van der Waals surface area contributed by atoms with E-state index in [1.165, 1.54) is 13.0 Å². The minimum atomic E-state index is -1.01. The van der Waals surface area contributed by atoms with Crippen molar-refractivity contribution in [3.05, 3.63) is 65.7 Å². The molecule has 1 amide bonds. The van der Waals surface area contributed by atoms with Crippen LogP contribution in [0.25, 0.3) is 0 Å². The van der Waals surface area contributed by atoms with Crippen molar-refractivity contribution in [2.45, 2.75) is 25.9 Å². The molecule has 2 aromatic rings. The summed E-state index contributed by atoms with van der Waals surface area (Å²) in [6.07, 6.45) is -1.10. The van der Waals surface area contributed by atoms with E-state index in [2.05, 4.69) is 5.32 Å². The molecule has 6 heteroatoms. The number of rotatable bonds is 7. The molecule has 0 saturated heterocycles. The third-order valence-corrected chi connectivity index (χ3v) is 3.59. The lowest BCUT2D eigenvalue weighted by Gasteiger charge is -2.13. The number of benzene rings is 2. The second kappa shape index (κ2) is 9.14. The van der Waals surface area contributed by atoms with Crippen molar-refractivity contribution in [1.29, 1.82) is 5.26 Å². The molecule has 132 valence electrons. The Kier molecular flexibility index (Phi) is 6.63. The number of Topliss-reactive ketones (excluding diaryl/α,β-unsaturated/α-hetero) is 1. The summed E-state index contributed by atoms with van der Waals surface area (Å²) in [5.41, 5.74) is 1.38.